The molecule has 1 N–H and O–H groups in total. The van der Waals surface area contributed by atoms with Crippen molar-refractivity contribution in [1.82, 2.24) is 4.90 Å². The summed E-state index contributed by atoms with van der Waals surface area (Å²) in [5.74, 6) is -0.380. The number of nitrogens with zero attached hydrogens (tertiary/aromatic N) is 1. The molecule has 0 aromatic heterocycles. The number of rotatable bonds is 6. The first-order valence-corrected chi connectivity index (χ1v) is 10.3. The highest BCUT2D eigenvalue weighted by Gasteiger charge is 2.49. The Morgan fingerprint density at radius 2 is 1.83 bits per heavy atom. The van der Waals surface area contributed by atoms with E-state index in [0.29, 0.717) is 32.4 Å². The predicted molar refractivity (Wildman–Crippen MR) is 86.8 cm³/mol. The molecule has 0 saturated carbocycles. The van der Waals surface area contributed by atoms with Gasteiger partial charge in [0.25, 0.3) is 0 Å². The van der Waals surface area contributed by atoms with Crippen LogP contribution in [0.25, 0.3) is 0 Å². The van der Waals surface area contributed by atoms with Crippen LogP contribution in [0.2, 0.25) is 0 Å². The van der Waals surface area contributed by atoms with Crippen LogP contribution < -0.4 is 4.90 Å². The Kier molecular flexibility index (Phi) is 5.08. The highest BCUT2D eigenvalue weighted by molar-refractivity contribution is 7.91. The van der Waals surface area contributed by atoms with Crippen molar-refractivity contribution in [3.05, 3.63) is 12.2 Å². The number of likely N-dealkylation sites (tertiary alicyclic amines) is 1. The number of methoxy groups -OCH3 is 1. The van der Waals surface area contributed by atoms with Gasteiger partial charge in [0.15, 0.2) is 16.5 Å². The molecule has 3 aliphatic rings. The Balaban J connectivity index is 1.73. The van der Waals surface area contributed by atoms with Gasteiger partial charge in [-0.05, 0) is 12.8 Å². The van der Waals surface area contributed by atoms with Crippen LogP contribution in [0.4, 0.5) is 0 Å². The average Bonchev–Trinajstić information content (AvgIpc) is 3.04. The first-order chi connectivity index (χ1) is 11.4. The maximum Gasteiger partial charge on any atom is 0.237 e. The van der Waals surface area contributed by atoms with E-state index in [-0.39, 0.29) is 47.9 Å². The molecular weight excluding hydrogens is 332 g/mol. The predicted octanol–water partition coefficient (Wildman–Crippen LogP) is -1.39. The van der Waals surface area contributed by atoms with Gasteiger partial charge in [-0.2, -0.15) is 0 Å². The molecule has 0 aromatic rings. The zero-order chi connectivity index (χ0) is 17.3. The fourth-order valence-electron chi connectivity index (χ4n) is 3.99. The highest BCUT2D eigenvalue weighted by Crippen LogP contribution is 2.34. The second-order valence-electron chi connectivity index (χ2n) is 6.92. The lowest BCUT2D eigenvalue weighted by atomic mass is 9.85. The maximum atomic E-state index is 12.6. The van der Waals surface area contributed by atoms with Gasteiger partial charge in [-0.15, -0.1) is 0 Å². The number of hydrogen-bond acceptors (Lipinski definition) is 5. The number of carbonyl (C=O) groups excluding carboxylic acids is 2. The molecule has 0 spiro atoms. The van der Waals surface area contributed by atoms with Gasteiger partial charge in [0.2, 0.25) is 11.8 Å². The lowest BCUT2D eigenvalue weighted by Crippen LogP contribution is -3.18. The lowest BCUT2D eigenvalue weighted by Gasteiger charge is -2.28. The molecule has 134 valence electrons. The fourth-order valence-corrected chi connectivity index (χ4v) is 5.82. The molecule has 2 heterocycles. The zero-order valence-corrected chi connectivity index (χ0v) is 14.8. The molecule has 2 aliphatic heterocycles. The van der Waals surface area contributed by atoms with Crippen LogP contribution in [-0.2, 0) is 24.2 Å². The number of ether oxygens (including phenoxy) is 1. The zero-order valence-electron chi connectivity index (χ0n) is 13.9. The van der Waals surface area contributed by atoms with Crippen molar-refractivity contribution in [2.75, 3.05) is 38.4 Å². The Bertz CT molecular complexity index is 619. The average molecular weight is 357 g/mol. The van der Waals surface area contributed by atoms with Crippen molar-refractivity contribution in [2.45, 2.75) is 25.3 Å². The molecule has 8 heteroatoms. The number of nitrogens with one attached hydrogen (secondary N) is 1. The molecule has 0 aromatic carbocycles. The van der Waals surface area contributed by atoms with Crippen molar-refractivity contribution in [3.8, 4) is 0 Å². The molecule has 1 aliphatic carbocycles. The number of quaternary nitrogens is 1. The molecule has 2 saturated heterocycles. The summed E-state index contributed by atoms with van der Waals surface area (Å²) in [5.41, 5.74) is 0. The van der Waals surface area contributed by atoms with Gasteiger partial charge >= 0.3 is 0 Å². The molecule has 1 unspecified atom stereocenters. The van der Waals surface area contributed by atoms with E-state index in [4.69, 9.17) is 4.74 Å². The fraction of sp³-hybridized carbons (Fsp3) is 0.750. The minimum atomic E-state index is -3.01. The Labute approximate surface area is 142 Å². The van der Waals surface area contributed by atoms with Gasteiger partial charge < -0.3 is 9.64 Å². The third-order valence-corrected chi connectivity index (χ3v) is 7.17. The SMILES string of the molecule is COCC[NH+](CN1C(=O)[C@H]2CC=CC[C@@H]2C1=O)[C@@H]1CCS(=O)(=O)C1. The van der Waals surface area contributed by atoms with Crippen molar-refractivity contribution < 1.29 is 27.6 Å². The van der Waals surface area contributed by atoms with Crippen LogP contribution in [0.3, 0.4) is 0 Å². The standard InChI is InChI=1S/C16H24N2O5S/c1-23-8-7-17(12-6-9-24(21,22)10-12)11-18-15(19)13-4-2-3-5-14(13)16(18)20/h2-3,12-14H,4-11H2,1H3/p+1/t12-,13+,14+/m1/s1. The van der Waals surface area contributed by atoms with E-state index in [1.54, 1.807) is 7.11 Å². The number of hydrogen-bond donors (Lipinski definition) is 1. The van der Waals surface area contributed by atoms with E-state index >= 15 is 0 Å². The van der Waals surface area contributed by atoms with Crippen molar-refractivity contribution >= 4 is 21.7 Å². The third-order valence-electron chi connectivity index (χ3n) is 5.40. The summed E-state index contributed by atoms with van der Waals surface area (Å²) in [4.78, 5) is 27.5. The van der Waals surface area contributed by atoms with Gasteiger partial charge in [-0.1, -0.05) is 12.2 Å². The molecule has 2 amide bonds. The topological polar surface area (TPSA) is 85.2 Å². The Morgan fingerprint density at radius 3 is 2.33 bits per heavy atom. The second kappa shape index (κ2) is 6.93. The van der Waals surface area contributed by atoms with Crippen molar-refractivity contribution in [2.24, 2.45) is 11.8 Å². The number of allylic oxidation sites excluding steroid dienone is 2. The smallest absolute Gasteiger partial charge is 0.237 e. The van der Waals surface area contributed by atoms with E-state index in [1.165, 1.54) is 4.90 Å². The number of amides is 2. The normalized spacial score (nSPS) is 33.0. The van der Waals surface area contributed by atoms with Crippen LogP contribution in [-0.4, -0.2) is 69.6 Å². The number of fused-ring (bicyclic) bond motifs is 1. The summed E-state index contributed by atoms with van der Waals surface area (Å²) in [6.45, 7) is 1.30. The number of imide groups is 1. The summed E-state index contributed by atoms with van der Waals surface area (Å²) >= 11 is 0. The quantitative estimate of drug-likeness (QED) is 0.468. The van der Waals surface area contributed by atoms with Gasteiger partial charge in [0.05, 0.1) is 24.2 Å². The van der Waals surface area contributed by atoms with E-state index < -0.39 is 9.84 Å². The monoisotopic (exact) mass is 357 g/mol. The summed E-state index contributed by atoms with van der Waals surface area (Å²) in [7, 11) is -1.41. The summed E-state index contributed by atoms with van der Waals surface area (Å²) < 4.78 is 28.7. The van der Waals surface area contributed by atoms with E-state index in [2.05, 4.69) is 0 Å². The van der Waals surface area contributed by atoms with Crippen LogP contribution >= 0.6 is 0 Å². The van der Waals surface area contributed by atoms with Crippen molar-refractivity contribution in [3.63, 3.8) is 0 Å². The maximum absolute atomic E-state index is 12.6. The van der Waals surface area contributed by atoms with E-state index in [0.717, 1.165) is 4.90 Å². The van der Waals surface area contributed by atoms with Crippen LogP contribution in [0.1, 0.15) is 19.3 Å². The van der Waals surface area contributed by atoms with Gasteiger partial charge in [-0.25, -0.2) is 13.3 Å². The molecule has 4 atom stereocenters. The molecule has 0 radical (unpaired) electrons. The number of sulfone groups is 1. The molecule has 0 bridgehead atoms. The van der Waals surface area contributed by atoms with Crippen LogP contribution in [0, 0.1) is 11.8 Å². The lowest BCUT2D eigenvalue weighted by molar-refractivity contribution is -0.929. The highest BCUT2D eigenvalue weighted by atomic mass is 32.2. The summed E-state index contributed by atoms with van der Waals surface area (Å²) in [6.07, 6.45) is 5.75. The third kappa shape index (κ3) is 3.41. The summed E-state index contributed by atoms with van der Waals surface area (Å²) in [5, 5.41) is 0. The van der Waals surface area contributed by atoms with Crippen molar-refractivity contribution in [1.29, 1.82) is 0 Å². The molecule has 7 nitrogen and oxygen atoms in total. The minimum absolute atomic E-state index is 0.0773. The Hall–Kier alpha value is -1.25. The molecule has 3 rings (SSSR count). The number of carbonyl (C=O) groups is 2. The van der Waals surface area contributed by atoms with Crippen LogP contribution in [0.5, 0.6) is 0 Å². The van der Waals surface area contributed by atoms with Gasteiger partial charge in [-0.3, -0.25) is 9.59 Å². The second-order valence-corrected chi connectivity index (χ2v) is 9.15. The minimum Gasteiger partial charge on any atom is -0.379 e. The largest absolute Gasteiger partial charge is 0.379 e. The molecule has 24 heavy (non-hydrogen) atoms. The summed E-state index contributed by atoms with van der Waals surface area (Å²) in [6, 6.07) is -0.0773. The van der Waals surface area contributed by atoms with Crippen LogP contribution in [0.15, 0.2) is 12.2 Å². The van der Waals surface area contributed by atoms with E-state index in [1.807, 2.05) is 12.2 Å². The molecular formula is C16H25N2O5S+. The first kappa shape index (κ1) is 17.6. The van der Waals surface area contributed by atoms with E-state index in [9.17, 15) is 18.0 Å². The van der Waals surface area contributed by atoms with Gasteiger partial charge in [0.1, 0.15) is 18.3 Å². The van der Waals surface area contributed by atoms with Gasteiger partial charge in [0, 0.05) is 13.5 Å². The molecule has 2 fully saturated rings. The Morgan fingerprint density at radius 1 is 1.21 bits per heavy atom. The first-order valence-electron chi connectivity index (χ1n) is 8.47.